The van der Waals surface area contributed by atoms with Gasteiger partial charge in [0, 0.05) is 16.5 Å². The van der Waals surface area contributed by atoms with Crippen molar-refractivity contribution in [2.45, 2.75) is 0 Å². The summed E-state index contributed by atoms with van der Waals surface area (Å²) < 4.78 is 7.84. The van der Waals surface area contributed by atoms with Gasteiger partial charge in [0.05, 0.1) is 16.6 Å². The molecule has 7 nitrogen and oxygen atoms in total. The molecule has 0 fully saturated rings. The van der Waals surface area contributed by atoms with Crippen LogP contribution in [0.25, 0.3) is 38.7 Å². The molecule has 6 aromatic rings. The first kappa shape index (κ1) is 20.2. The molecule has 0 aliphatic carbocycles. The van der Waals surface area contributed by atoms with E-state index >= 15 is 0 Å². The van der Waals surface area contributed by atoms with Crippen molar-refractivity contribution in [3.05, 3.63) is 96.1 Å². The number of aromatic nitrogens is 3. The van der Waals surface area contributed by atoms with E-state index in [0.717, 1.165) is 16.4 Å². The summed E-state index contributed by atoms with van der Waals surface area (Å²) in [6.45, 7) is 0. The summed E-state index contributed by atoms with van der Waals surface area (Å²) >= 11 is 0. The molecule has 0 aliphatic rings. The maximum absolute atomic E-state index is 10.3. The second-order valence-electron chi connectivity index (χ2n) is 7.94. The Kier molecular flexibility index (Phi) is 4.55. The number of anilines is 1. The number of imidazole rings is 1. The van der Waals surface area contributed by atoms with E-state index in [1.165, 1.54) is 0 Å². The average molecular weight is 452 g/mol. The van der Waals surface area contributed by atoms with Gasteiger partial charge in [-0.2, -0.15) is 10.5 Å². The van der Waals surface area contributed by atoms with Gasteiger partial charge in [0.1, 0.15) is 34.8 Å². The Labute approximate surface area is 199 Å². The molecule has 6 rings (SSSR count). The number of nitrogen functional groups attached to an aromatic ring is 1. The molecular formula is C28H16N6O. The van der Waals surface area contributed by atoms with E-state index in [2.05, 4.69) is 17.1 Å². The number of para-hydroxylation sites is 4. The van der Waals surface area contributed by atoms with Gasteiger partial charge in [-0.15, -0.1) is 0 Å². The highest BCUT2D eigenvalue weighted by Crippen LogP contribution is 2.41. The number of hydrogen-bond donors (Lipinski definition) is 1. The zero-order valence-electron chi connectivity index (χ0n) is 18.3. The smallest absolute Gasteiger partial charge is 0.227 e. The van der Waals surface area contributed by atoms with Crippen LogP contribution in [0, 0.1) is 22.7 Å². The molecule has 2 N–H and O–H groups in total. The number of hydrogen-bond acceptors (Lipinski definition) is 6. The molecule has 0 saturated carbocycles. The van der Waals surface area contributed by atoms with Crippen molar-refractivity contribution in [1.29, 1.82) is 10.5 Å². The van der Waals surface area contributed by atoms with Crippen molar-refractivity contribution in [2.75, 3.05) is 5.73 Å². The minimum Gasteiger partial charge on any atom is -0.438 e. The number of nitriles is 2. The summed E-state index contributed by atoms with van der Waals surface area (Å²) in [5.41, 5.74) is 10.3. The molecule has 0 atom stereocenters. The topological polar surface area (TPSA) is 113 Å². The van der Waals surface area contributed by atoms with Crippen LogP contribution in [-0.2, 0) is 0 Å². The Morgan fingerprint density at radius 3 is 2.23 bits per heavy atom. The lowest BCUT2D eigenvalue weighted by atomic mass is 9.95. The maximum atomic E-state index is 10.3. The Hall–Kier alpha value is -5.40. The van der Waals surface area contributed by atoms with Gasteiger partial charge in [0.25, 0.3) is 0 Å². The van der Waals surface area contributed by atoms with E-state index in [0.29, 0.717) is 28.0 Å². The fourth-order valence-corrected chi connectivity index (χ4v) is 4.36. The van der Waals surface area contributed by atoms with Crippen LogP contribution in [0.15, 0.2) is 84.9 Å². The first-order chi connectivity index (χ1) is 17.2. The molecule has 0 bridgehead atoms. The molecule has 0 aliphatic heterocycles. The molecule has 35 heavy (non-hydrogen) atoms. The van der Waals surface area contributed by atoms with E-state index < -0.39 is 0 Å². The third-order valence-electron chi connectivity index (χ3n) is 5.92. The van der Waals surface area contributed by atoms with Crippen LogP contribution < -0.4 is 10.5 Å². The highest BCUT2D eigenvalue weighted by atomic mass is 16.5. The molecule has 0 radical (unpaired) electrons. The van der Waals surface area contributed by atoms with Gasteiger partial charge in [0.15, 0.2) is 5.65 Å². The van der Waals surface area contributed by atoms with Crippen LogP contribution in [0.2, 0.25) is 0 Å². The highest BCUT2D eigenvalue weighted by molar-refractivity contribution is 5.96. The van der Waals surface area contributed by atoms with E-state index in [-0.39, 0.29) is 22.8 Å². The number of benzene rings is 3. The van der Waals surface area contributed by atoms with Gasteiger partial charge >= 0.3 is 0 Å². The number of pyridine rings is 2. The van der Waals surface area contributed by atoms with Crippen LogP contribution in [0.1, 0.15) is 11.1 Å². The van der Waals surface area contributed by atoms with Crippen LogP contribution in [0.5, 0.6) is 11.6 Å². The number of rotatable bonds is 3. The standard InChI is InChI=1S/C28H16N6O/c29-15-20-25(21(16-30)27-32-23-12-6-7-13-24(23)34(27)26(20)31)19-14-17-8-4-5-11-22(17)33-28(19)35-18-9-2-1-3-10-18/h1-14H,31H2. The molecular weight excluding hydrogens is 436 g/mol. The largest absolute Gasteiger partial charge is 0.438 e. The SMILES string of the molecule is N#Cc1c(-c2cc3ccccc3nc2Oc2ccccc2)c(C#N)c2nc3ccccc3n2c1N. The number of nitrogens with two attached hydrogens (primary N) is 1. The molecule has 0 unspecified atom stereocenters. The fraction of sp³-hybridized carbons (Fsp3) is 0. The third-order valence-corrected chi connectivity index (χ3v) is 5.92. The molecule has 164 valence electrons. The minimum absolute atomic E-state index is 0.159. The molecule has 0 amide bonds. The van der Waals surface area contributed by atoms with Gasteiger partial charge in [-0.1, -0.05) is 48.5 Å². The first-order valence-corrected chi connectivity index (χ1v) is 10.9. The van der Waals surface area contributed by atoms with Crippen LogP contribution in [-0.4, -0.2) is 14.4 Å². The second kappa shape index (κ2) is 7.87. The molecule has 3 aromatic carbocycles. The van der Waals surface area contributed by atoms with Crippen molar-refractivity contribution in [2.24, 2.45) is 0 Å². The average Bonchev–Trinajstić information content (AvgIpc) is 3.28. The lowest BCUT2D eigenvalue weighted by Crippen LogP contribution is -2.06. The lowest BCUT2D eigenvalue weighted by Gasteiger charge is -2.16. The van der Waals surface area contributed by atoms with Crippen molar-refractivity contribution in [3.63, 3.8) is 0 Å². The summed E-state index contributed by atoms with van der Waals surface area (Å²) in [7, 11) is 0. The Bertz CT molecular complexity index is 1860. The molecule has 0 saturated heterocycles. The van der Waals surface area contributed by atoms with Gasteiger partial charge in [-0.05, 0) is 36.4 Å². The van der Waals surface area contributed by atoms with Gasteiger partial charge in [-0.25, -0.2) is 9.97 Å². The zero-order chi connectivity index (χ0) is 23.9. The third kappa shape index (κ3) is 3.12. The van der Waals surface area contributed by atoms with Crippen molar-refractivity contribution < 1.29 is 4.74 Å². The van der Waals surface area contributed by atoms with Crippen LogP contribution in [0.3, 0.4) is 0 Å². The quantitative estimate of drug-likeness (QED) is 0.362. The van der Waals surface area contributed by atoms with Crippen LogP contribution >= 0.6 is 0 Å². The minimum atomic E-state index is 0.159. The van der Waals surface area contributed by atoms with E-state index in [4.69, 9.17) is 15.5 Å². The van der Waals surface area contributed by atoms with Crippen molar-refractivity contribution >= 4 is 33.4 Å². The molecule has 3 heterocycles. The number of ether oxygens (including phenoxy) is 1. The number of fused-ring (bicyclic) bond motifs is 4. The summed E-state index contributed by atoms with van der Waals surface area (Å²) in [6, 6.07) is 30.6. The molecule has 3 aromatic heterocycles. The van der Waals surface area contributed by atoms with Crippen molar-refractivity contribution in [1.82, 2.24) is 14.4 Å². The second-order valence-corrected chi connectivity index (χ2v) is 7.94. The fourth-order valence-electron chi connectivity index (χ4n) is 4.36. The summed E-state index contributed by atoms with van der Waals surface area (Å²) in [6.07, 6.45) is 0. The highest BCUT2D eigenvalue weighted by Gasteiger charge is 2.26. The zero-order valence-corrected chi connectivity index (χ0v) is 18.3. The Balaban J connectivity index is 1.75. The molecule has 0 spiro atoms. The lowest BCUT2D eigenvalue weighted by molar-refractivity contribution is 0.467. The van der Waals surface area contributed by atoms with Gasteiger partial charge in [-0.3, -0.25) is 4.40 Å². The van der Waals surface area contributed by atoms with E-state index in [1.807, 2.05) is 84.9 Å². The summed E-state index contributed by atoms with van der Waals surface area (Å²) in [5.74, 6) is 1.04. The Morgan fingerprint density at radius 2 is 1.46 bits per heavy atom. The Morgan fingerprint density at radius 1 is 0.771 bits per heavy atom. The maximum Gasteiger partial charge on any atom is 0.227 e. The summed E-state index contributed by atoms with van der Waals surface area (Å²) in [5, 5.41) is 21.3. The first-order valence-electron chi connectivity index (χ1n) is 10.9. The van der Waals surface area contributed by atoms with Crippen molar-refractivity contribution in [3.8, 4) is 34.9 Å². The van der Waals surface area contributed by atoms with Gasteiger partial charge < -0.3 is 10.5 Å². The molecule has 7 heteroatoms. The number of nitrogens with zero attached hydrogens (tertiary/aromatic N) is 5. The van der Waals surface area contributed by atoms with E-state index in [1.54, 1.807) is 4.40 Å². The van der Waals surface area contributed by atoms with Gasteiger partial charge in [0.2, 0.25) is 5.88 Å². The van der Waals surface area contributed by atoms with E-state index in [9.17, 15) is 10.5 Å². The summed E-state index contributed by atoms with van der Waals surface area (Å²) in [4.78, 5) is 9.42. The predicted molar refractivity (Wildman–Crippen MR) is 134 cm³/mol. The predicted octanol–water partition coefficient (Wildman–Crippen LogP) is 5.82. The van der Waals surface area contributed by atoms with Crippen LogP contribution in [0.4, 0.5) is 5.82 Å². The normalized spacial score (nSPS) is 10.9. The monoisotopic (exact) mass is 452 g/mol.